The predicted molar refractivity (Wildman–Crippen MR) is 71.5 cm³/mol. The van der Waals surface area contributed by atoms with E-state index in [1.54, 1.807) is 11.3 Å². The average Bonchev–Trinajstić information content (AvgIpc) is 2.66. The zero-order valence-electron chi connectivity index (χ0n) is 7.94. The van der Waals surface area contributed by atoms with Crippen molar-refractivity contribution in [3.63, 3.8) is 0 Å². The van der Waals surface area contributed by atoms with Gasteiger partial charge in [-0.3, -0.25) is 4.79 Å². The van der Waals surface area contributed by atoms with Gasteiger partial charge in [-0.15, -0.1) is 11.3 Å². The van der Waals surface area contributed by atoms with Crippen molar-refractivity contribution in [3.05, 3.63) is 55.8 Å². The van der Waals surface area contributed by atoms with E-state index in [0.29, 0.717) is 6.42 Å². The number of halogens is 1. The maximum atomic E-state index is 11.8. The molecule has 0 saturated carbocycles. The van der Waals surface area contributed by atoms with Gasteiger partial charge < -0.3 is 0 Å². The number of thiophene rings is 1. The monoisotopic (exact) mass is 328 g/mol. The second kappa shape index (κ2) is 4.90. The van der Waals surface area contributed by atoms with Crippen LogP contribution >= 0.6 is 33.9 Å². The molecule has 0 fully saturated rings. The highest BCUT2D eigenvalue weighted by molar-refractivity contribution is 14.1. The van der Waals surface area contributed by atoms with Gasteiger partial charge in [0.05, 0.1) is 2.88 Å². The Morgan fingerprint density at radius 1 is 1.27 bits per heavy atom. The van der Waals surface area contributed by atoms with Crippen molar-refractivity contribution in [3.8, 4) is 0 Å². The van der Waals surface area contributed by atoms with Crippen LogP contribution in [0.1, 0.15) is 15.9 Å². The second-order valence-electron chi connectivity index (χ2n) is 3.23. The van der Waals surface area contributed by atoms with Gasteiger partial charge in [0.1, 0.15) is 0 Å². The quantitative estimate of drug-likeness (QED) is 0.619. The Kier molecular flexibility index (Phi) is 3.53. The molecule has 0 bridgehead atoms. The number of hydrogen-bond donors (Lipinski definition) is 0. The number of rotatable bonds is 3. The van der Waals surface area contributed by atoms with Gasteiger partial charge in [0.2, 0.25) is 0 Å². The molecule has 1 heterocycles. The van der Waals surface area contributed by atoms with Gasteiger partial charge >= 0.3 is 0 Å². The average molecular weight is 328 g/mol. The second-order valence-corrected chi connectivity index (χ2v) is 6.03. The summed E-state index contributed by atoms with van der Waals surface area (Å²) in [5.74, 6) is 0.195. The summed E-state index contributed by atoms with van der Waals surface area (Å²) in [6, 6.07) is 11.8. The van der Waals surface area contributed by atoms with Crippen molar-refractivity contribution in [2.45, 2.75) is 6.42 Å². The number of hydrogen-bond acceptors (Lipinski definition) is 2. The first kappa shape index (κ1) is 10.8. The molecule has 0 aliphatic heterocycles. The molecule has 0 N–H and O–H groups in total. The fourth-order valence-corrected chi connectivity index (χ4v) is 2.69. The summed E-state index contributed by atoms with van der Waals surface area (Å²) in [6.07, 6.45) is 0.494. The molecular formula is C12H9IOS. The van der Waals surface area contributed by atoms with Gasteiger partial charge in [0.15, 0.2) is 5.78 Å². The Labute approximate surface area is 106 Å². The van der Waals surface area contributed by atoms with Gasteiger partial charge in [-0.25, -0.2) is 0 Å². The summed E-state index contributed by atoms with van der Waals surface area (Å²) >= 11 is 3.84. The third-order valence-electron chi connectivity index (χ3n) is 2.10. The molecule has 1 aromatic carbocycles. The minimum absolute atomic E-state index is 0.195. The smallest absolute Gasteiger partial charge is 0.168 e. The first-order chi connectivity index (χ1) is 7.25. The van der Waals surface area contributed by atoms with Crippen LogP contribution in [-0.4, -0.2) is 5.78 Å². The van der Waals surface area contributed by atoms with Crippen molar-refractivity contribution in [1.82, 2.24) is 0 Å². The fraction of sp³-hybridized carbons (Fsp3) is 0.0833. The van der Waals surface area contributed by atoms with E-state index in [1.165, 1.54) is 0 Å². The summed E-state index contributed by atoms with van der Waals surface area (Å²) in [7, 11) is 0. The van der Waals surface area contributed by atoms with Gasteiger partial charge in [-0.2, -0.15) is 0 Å². The minimum Gasteiger partial charge on any atom is -0.294 e. The van der Waals surface area contributed by atoms with Gasteiger partial charge in [0.25, 0.3) is 0 Å². The largest absolute Gasteiger partial charge is 0.294 e. The molecular weight excluding hydrogens is 319 g/mol. The third-order valence-corrected chi connectivity index (χ3v) is 3.89. The highest BCUT2D eigenvalue weighted by Crippen LogP contribution is 2.18. The molecule has 0 aliphatic carbocycles. The lowest BCUT2D eigenvalue weighted by atomic mass is 10.1. The van der Waals surface area contributed by atoms with Crippen molar-refractivity contribution in [1.29, 1.82) is 0 Å². The van der Waals surface area contributed by atoms with Crippen LogP contribution in [0, 0.1) is 2.88 Å². The number of ketones is 1. The molecule has 0 amide bonds. The summed E-state index contributed by atoms with van der Waals surface area (Å²) in [5, 5.41) is 1.92. The minimum atomic E-state index is 0.195. The molecule has 2 aromatic rings. The maximum absolute atomic E-state index is 11.8. The van der Waals surface area contributed by atoms with Gasteiger partial charge in [-0.05, 0) is 34.2 Å². The standard InChI is InChI=1S/C12H9IOS/c13-12-7-10(8-15-12)11(14)6-9-4-2-1-3-5-9/h1-5,7-8H,6H2. The number of Topliss-reactive ketones (excluding diaryl/α,β-unsaturated/α-hetero) is 1. The van der Waals surface area contributed by atoms with Crippen LogP contribution in [0.4, 0.5) is 0 Å². The fourth-order valence-electron chi connectivity index (χ4n) is 1.34. The van der Waals surface area contributed by atoms with E-state index in [9.17, 15) is 4.79 Å². The first-order valence-electron chi connectivity index (χ1n) is 4.57. The van der Waals surface area contributed by atoms with Crippen LogP contribution in [0.25, 0.3) is 0 Å². The van der Waals surface area contributed by atoms with Crippen LogP contribution in [0.5, 0.6) is 0 Å². The molecule has 0 radical (unpaired) electrons. The van der Waals surface area contributed by atoms with Gasteiger partial charge in [-0.1, -0.05) is 30.3 Å². The van der Waals surface area contributed by atoms with Gasteiger partial charge in [0, 0.05) is 17.4 Å². The molecule has 1 aromatic heterocycles. The molecule has 0 spiro atoms. The Morgan fingerprint density at radius 3 is 2.60 bits per heavy atom. The third kappa shape index (κ3) is 2.89. The molecule has 15 heavy (non-hydrogen) atoms. The highest BCUT2D eigenvalue weighted by atomic mass is 127. The lowest BCUT2D eigenvalue weighted by Gasteiger charge is -1.98. The number of carbonyl (C=O) groups excluding carboxylic acids is 1. The van der Waals surface area contributed by atoms with E-state index in [2.05, 4.69) is 22.6 Å². The zero-order chi connectivity index (χ0) is 10.7. The van der Waals surface area contributed by atoms with E-state index in [1.807, 2.05) is 41.8 Å². The molecule has 0 atom stereocenters. The van der Waals surface area contributed by atoms with Crippen molar-refractivity contribution in [2.75, 3.05) is 0 Å². The molecule has 3 heteroatoms. The predicted octanol–water partition coefficient (Wildman–Crippen LogP) is 3.78. The Hall–Kier alpha value is -0.680. The first-order valence-corrected chi connectivity index (χ1v) is 6.53. The normalized spacial score (nSPS) is 10.2. The molecule has 0 aliphatic rings. The zero-order valence-corrected chi connectivity index (χ0v) is 10.9. The van der Waals surface area contributed by atoms with Crippen molar-refractivity contribution < 1.29 is 4.79 Å². The summed E-state index contributed by atoms with van der Waals surface area (Å²) in [6.45, 7) is 0. The van der Waals surface area contributed by atoms with E-state index in [-0.39, 0.29) is 5.78 Å². The van der Waals surface area contributed by atoms with E-state index >= 15 is 0 Å². The highest BCUT2D eigenvalue weighted by Gasteiger charge is 2.08. The number of carbonyl (C=O) groups is 1. The Morgan fingerprint density at radius 2 is 2.00 bits per heavy atom. The van der Waals surface area contributed by atoms with Crippen molar-refractivity contribution >= 4 is 39.7 Å². The maximum Gasteiger partial charge on any atom is 0.168 e. The Balaban J connectivity index is 2.11. The lowest BCUT2D eigenvalue weighted by molar-refractivity contribution is 0.0993. The van der Waals surface area contributed by atoms with Crippen LogP contribution in [0.2, 0.25) is 0 Å². The van der Waals surface area contributed by atoms with Crippen LogP contribution < -0.4 is 0 Å². The van der Waals surface area contributed by atoms with Crippen LogP contribution in [0.15, 0.2) is 41.8 Å². The molecule has 2 rings (SSSR count). The molecule has 0 saturated heterocycles. The van der Waals surface area contributed by atoms with Crippen LogP contribution in [0.3, 0.4) is 0 Å². The lowest BCUT2D eigenvalue weighted by Crippen LogP contribution is -2.01. The SMILES string of the molecule is O=C(Cc1ccccc1)c1csc(I)c1. The topological polar surface area (TPSA) is 17.1 Å². The molecule has 76 valence electrons. The Bertz CT molecular complexity index is 461. The van der Waals surface area contributed by atoms with E-state index in [4.69, 9.17) is 0 Å². The van der Waals surface area contributed by atoms with E-state index in [0.717, 1.165) is 14.0 Å². The number of benzene rings is 1. The summed E-state index contributed by atoms with van der Waals surface area (Å²) < 4.78 is 1.16. The van der Waals surface area contributed by atoms with Crippen molar-refractivity contribution in [2.24, 2.45) is 0 Å². The summed E-state index contributed by atoms with van der Waals surface area (Å²) in [5.41, 5.74) is 1.90. The molecule has 1 nitrogen and oxygen atoms in total. The van der Waals surface area contributed by atoms with E-state index < -0.39 is 0 Å². The summed E-state index contributed by atoms with van der Waals surface area (Å²) in [4.78, 5) is 11.8. The molecule has 0 unspecified atom stereocenters. The van der Waals surface area contributed by atoms with Crippen LogP contribution in [-0.2, 0) is 6.42 Å².